The monoisotopic (exact) mass is 480 g/mol. The highest BCUT2D eigenvalue weighted by atomic mass is 19.1. The van der Waals surface area contributed by atoms with Crippen molar-refractivity contribution >= 4 is 22.7 Å². The van der Waals surface area contributed by atoms with E-state index >= 15 is 0 Å². The van der Waals surface area contributed by atoms with Gasteiger partial charge in [-0.15, -0.1) is 0 Å². The fraction of sp³-hybridized carbons (Fsp3) is 0.333. The summed E-state index contributed by atoms with van der Waals surface area (Å²) in [6.07, 6.45) is 6.49. The topological polar surface area (TPSA) is 121 Å². The molecule has 3 aromatic heterocycles. The fourth-order valence-electron chi connectivity index (χ4n) is 4.71. The Morgan fingerprint density at radius 2 is 2.00 bits per heavy atom. The maximum atomic E-state index is 14.6. The molecule has 0 aliphatic carbocycles. The molecule has 0 saturated carbocycles. The number of fused-ring (bicyclic) bond motifs is 1. The van der Waals surface area contributed by atoms with Gasteiger partial charge in [-0.3, -0.25) is 4.98 Å². The van der Waals surface area contributed by atoms with Crippen LogP contribution in [0.3, 0.4) is 0 Å². The van der Waals surface area contributed by atoms with Crippen molar-refractivity contribution in [2.45, 2.75) is 24.9 Å². The van der Waals surface area contributed by atoms with Gasteiger partial charge in [0.2, 0.25) is 0 Å². The van der Waals surface area contributed by atoms with E-state index in [1.165, 1.54) is 18.5 Å². The maximum Gasteiger partial charge on any atom is 0.165 e. The number of pyridine rings is 1. The molecule has 1 aromatic carbocycles. The average molecular weight is 481 g/mol. The summed E-state index contributed by atoms with van der Waals surface area (Å²) in [5.41, 5.74) is 15.5. The van der Waals surface area contributed by atoms with Crippen molar-refractivity contribution in [2.24, 2.45) is 5.73 Å². The lowest BCUT2D eigenvalue weighted by Crippen LogP contribution is -2.57. The molecule has 5 rings (SSSR count). The third-order valence-corrected chi connectivity index (χ3v) is 6.32. The number of hydrogen-bond acceptors (Lipinski definition) is 8. The van der Waals surface area contributed by atoms with Crippen molar-refractivity contribution in [3.63, 3.8) is 0 Å². The third-order valence-electron chi connectivity index (χ3n) is 6.32. The Morgan fingerprint density at radius 3 is 2.80 bits per heavy atom. The molecule has 0 bridgehead atoms. The Balaban J connectivity index is 1.59. The first-order chi connectivity index (χ1) is 16.9. The second-order valence-corrected chi connectivity index (χ2v) is 8.95. The first-order valence-corrected chi connectivity index (χ1v) is 11.3. The highest BCUT2D eigenvalue weighted by Crippen LogP contribution is 2.32. The molecule has 0 spiro atoms. The van der Waals surface area contributed by atoms with E-state index in [-0.39, 0.29) is 5.56 Å². The number of halogens is 2. The lowest BCUT2D eigenvalue weighted by atomic mass is 9.90. The van der Waals surface area contributed by atoms with Crippen LogP contribution in [0.2, 0.25) is 0 Å². The van der Waals surface area contributed by atoms with Gasteiger partial charge >= 0.3 is 0 Å². The minimum absolute atomic E-state index is 0.215. The van der Waals surface area contributed by atoms with Gasteiger partial charge in [-0.25, -0.2) is 23.7 Å². The van der Waals surface area contributed by atoms with Gasteiger partial charge in [0.1, 0.15) is 23.5 Å². The molecule has 9 nitrogen and oxygen atoms in total. The van der Waals surface area contributed by atoms with Crippen molar-refractivity contribution in [1.29, 1.82) is 0 Å². The van der Waals surface area contributed by atoms with Gasteiger partial charge in [0, 0.05) is 31.8 Å². The molecular weight excluding hydrogens is 454 g/mol. The first-order valence-electron chi connectivity index (χ1n) is 11.3. The number of nitrogen functional groups attached to an aromatic ring is 1. The molecule has 182 valence electrons. The van der Waals surface area contributed by atoms with Gasteiger partial charge in [-0.05, 0) is 36.6 Å². The number of anilines is 2. The van der Waals surface area contributed by atoms with Crippen LogP contribution >= 0.6 is 0 Å². The van der Waals surface area contributed by atoms with Gasteiger partial charge in [-0.2, -0.15) is 0 Å². The molecular formula is C24H26F2N8O. The van der Waals surface area contributed by atoms with Crippen LogP contribution in [0.25, 0.3) is 22.4 Å². The van der Waals surface area contributed by atoms with Crippen LogP contribution in [0, 0.1) is 11.6 Å². The highest BCUT2D eigenvalue weighted by molar-refractivity contribution is 5.81. The number of benzene rings is 1. The summed E-state index contributed by atoms with van der Waals surface area (Å²) in [7, 11) is 1.64. The molecule has 4 heterocycles. The van der Waals surface area contributed by atoms with Gasteiger partial charge in [0.15, 0.2) is 11.5 Å². The van der Waals surface area contributed by atoms with E-state index in [2.05, 4.69) is 24.8 Å². The zero-order valence-corrected chi connectivity index (χ0v) is 19.3. The van der Waals surface area contributed by atoms with Crippen molar-refractivity contribution in [2.75, 3.05) is 37.4 Å². The highest BCUT2D eigenvalue weighted by Gasteiger charge is 2.33. The van der Waals surface area contributed by atoms with Crippen molar-refractivity contribution in [1.82, 2.24) is 24.5 Å². The molecule has 1 fully saturated rings. The van der Waals surface area contributed by atoms with Crippen molar-refractivity contribution in [3.8, 4) is 11.3 Å². The third kappa shape index (κ3) is 4.52. The summed E-state index contributed by atoms with van der Waals surface area (Å²) in [5, 5.41) is 0. The van der Waals surface area contributed by atoms with Gasteiger partial charge < -0.3 is 25.7 Å². The van der Waals surface area contributed by atoms with E-state index in [0.29, 0.717) is 42.4 Å². The predicted molar refractivity (Wildman–Crippen MR) is 129 cm³/mol. The number of piperidine rings is 1. The molecule has 1 saturated heterocycles. The van der Waals surface area contributed by atoms with E-state index < -0.39 is 17.2 Å². The van der Waals surface area contributed by atoms with E-state index in [0.717, 1.165) is 36.7 Å². The van der Waals surface area contributed by atoms with Gasteiger partial charge in [-0.1, -0.05) is 0 Å². The number of hydrogen-bond donors (Lipinski definition) is 2. The van der Waals surface area contributed by atoms with Crippen LogP contribution < -0.4 is 16.4 Å². The predicted octanol–water partition coefficient (Wildman–Crippen LogP) is 2.74. The number of nitrogens with two attached hydrogens (primary N) is 2. The lowest BCUT2D eigenvalue weighted by Gasteiger charge is -2.41. The van der Waals surface area contributed by atoms with E-state index in [4.69, 9.17) is 16.2 Å². The van der Waals surface area contributed by atoms with E-state index in [9.17, 15) is 8.78 Å². The standard InChI is InChI=1S/C24H26F2N8O/c1-35-12-24(28)5-2-6-33(11-24)20-9-29-19(17-4-3-16(25)8-18(17)26)7-15(20)10-34-14-32-21-22(27)30-13-31-23(21)34/h3-4,7-9,13-14H,2,5-6,10-12,28H2,1H3,(H2,27,30,31)/t24-/m1/s1. The minimum Gasteiger partial charge on any atom is -0.383 e. The molecule has 1 aliphatic heterocycles. The molecule has 4 aromatic rings. The largest absolute Gasteiger partial charge is 0.383 e. The molecule has 0 radical (unpaired) electrons. The molecule has 11 heteroatoms. The first kappa shape index (κ1) is 23.1. The quantitative estimate of drug-likeness (QED) is 0.432. The van der Waals surface area contributed by atoms with Crippen molar-refractivity contribution in [3.05, 3.63) is 60.3 Å². The Morgan fingerprint density at radius 1 is 1.14 bits per heavy atom. The van der Waals surface area contributed by atoms with Crippen LogP contribution in [-0.2, 0) is 11.3 Å². The smallest absolute Gasteiger partial charge is 0.165 e. The van der Waals surface area contributed by atoms with Crippen LogP contribution in [-0.4, -0.2) is 56.8 Å². The number of nitrogens with zero attached hydrogens (tertiary/aromatic N) is 6. The number of aromatic nitrogens is 5. The normalized spacial score (nSPS) is 18.3. The fourth-order valence-corrected chi connectivity index (χ4v) is 4.71. The Kier molecular flexibility index (Phi) is 6.03. The Labute approximate surface area is 200 Å². The van der Waals surface area contributed by atoms with E-state index in [1.807, 2.05) is 10.6 Å². The van der Waals surface area contributed by atoms with E-state index in [1.54, 1.807) is 19.6 Å². The number of imidazole rings is 1. The maximum absolute atomic E-state index is 14.6. The molecule has 1 atom stereocenters. The summed E-state index contributed by atoms with van der Waals surface area (Å²) in [6.45, 7) is 2.19. The lowest BCUT2D eigenvalue weighted by molar-refractivity contribution is 0.121. The Bertz CT molecular complexity index is 1370. The summed E-state index contributed by atoms with van der Waals surface area (Å²) >= 11 is 0. The Hall–Kier alpha value is -3.70. The molecule has 35 heavy (non-hydrogen) atoms. The number of ether oxygens (including phenoxy) is 1. The van der Waals surface area contributed by atoms with Crippen LogP contribution in [0.1, 0.15) is 18.4 Å². The molecule has 0 unspecified atom stereocenters. The number of rotatable bonds is 6. The summed E-state index contributed by atoms with van der Waals surface area (Å²) < 4.78 is 35.3. The zero-order valence-electron chi connectivity index (χ0n) is 19.3. The molecule has 4 N–H and O–H groups in total. The summed E-state index contributed by atoms with van der Waals surface area (Å²) in [5.74, 6) is -1.03. The summed E-state index contributed by atoms with van der Waals surface area (Å²) in [4.78, 5) is 19.4. The zero-order chi connectivity index (χ0) is 24.6. The van der Waals surface area contributed by atoms with Gasteiger partial charge in [0.25, 0.3) is 0 Å². The number of methoxy groups -OCH3 is 1. The van der Waals surface area contributed by atoms with Crippen LogP contribution in [0.5, 0.6) is 0 Å². The SMILES string of the molecule is COC[C@@]1(N)CCCN(c2cnc(-c3ccc(F)cc3F)cc2Cn2cnc3c(N)ncnc32)C1. The van der Waals surface area contributed by atoms with Crippen LogP contribution in [0.4, 0.5) is 20.3 Å². The molecule has 0 amide bonds. The average Bonchev–Trinajstić information content (AvgIpc) is 3.23. The second-order valence-electron chi connectivity index (χ2n) is 8.95. The molecule has 1 aliphatic rings. The van der Waals surface area contributed by atoms with Crippen molar-refractivity contribution < 1.29 is 13.5 Å². The summed E-state index contributed by atoms with van der Waals surface area (Å²) in [6, 6.07) is 5.27. The minimum atomic E-state index is -0.677. The van der Waals surface area contributed by atoms with Gasteiger partial charge in [0.05, 0.1) is 42.6 Å². The van der Waals surface area contributed by atoms with Crippen LogP contribution in [0.15, 0.2) is 43.1 Å². The second kappa shape index (κ2) is 9.16.